The van der Waals surface area contributed by atoms with Crippen LogP contribution in [0.1, 0.15) is 10.4 Å². The zero-order valence-corrected chi connectivity index (χ0v) is 13.2. The number of carbonyl (C=O) groups excluding carboxylic acids is 1. The molecule has 0 radical (unpaired) electrons. The number of nitrogen functional groups attached to an aromatic ring is 1. The van der Waals surface area contributed by atoms with Gasteiger partial charge in [0.25, 0.3) is 5.91 Å². The van der Waals surface area contributed by atoms with E-state index >= 15 is 0 Å². The SMILES string of the molecule is Nc1nc2ccc(C(=O)Nc3ccccc3I)cc2s1. The number of benzene rings is 2. The number of halogens is 1. The molecule has 0 saturated carbocycles. The van der Waals surface area contributed by atoms with Crippen molar-refractivity contribution in [2.75, 3.05) is 11.1 Å². The minimum Gasteiger partial charge on any atom is -0.375 e. The predicted octanol–water partition coefficient (Wildman–Crippen LogP) is 3.74. The number of thiazole rings is 1. The van der Waals surface area contributed by atoms with Crippen LogP contribution in [0.3, 0.4) is 0 Å². The Bertz CT molecular complexity index is 800. The number of aromatic nitrogens is 1. The van der Waals surface area contributed by atoms with Crippen molar-refractivity contribution in [3.05, 3.63) is 51.6 Å². The Hall–Kier alpha value is -1.67. The summed E-state index contributed by atoms with van der Waals surface area (Å²) in [6, 6.07) is 13.0. The number of amides is 1. The maximum atomic E-state index is 12.3. The summed E-state index contributed by atoms with van der Waals surface area (Å²) in [6.45, 7) is 0. The van der Waals surface area contributed by atoms with Gasteiger partial charge in [0.2, 0.25) is 0 Å². The second-order valence-corrected chi connectivity index (χ2v) is 6.39. The summed E-state index contributed by atoms with van der Waals surface area (Å²) in [5.74, 6) is -0.136. The number of nitrogens with one attached hydrogen (secondary N) is 1. The molecule has 20 heavy (non-hydrogen) atoms. The molecular formula is C14H10IN3OS. The molecule has 1 aromatic heterocycles. The second-order valence-electron chi connectivity index (χ2n) is 4.17. The third kappa shape index (κ3) is 2.61. The predicted molar refractivity (Wildman–Crippen MR) is 91.1 cm³/mol. The van der Waals surface area contributed by atoms with Crippen LogP contribution in [0.5, 0.6) is 0 Å². The minimum atomic E-state index is -0.136. The van der Waals surface area contributed by atoms with Crippen molar-refractivity contribution in [3.63, 3.8) is 0 Å². The fourth-order valence-electron chi connectivity index (χ4n) is 1.84. The number of nitrogens with two attached hydrogens (primary N) is 1. The third-order valence-corrected chi connectivity index (χ3v) is 4.58. The number of carbonyl (C=O) groups is 1. The van der Waals surface area contributed by atoms with Crippen molar-refractivity contribution in [2.45, 2.75) is 0 Å². The van der Waals surface area contributed by atoms with Crippen molar-refractivity contribution >= 4 is 60.9 Å². The quantitative estimate of drug-likeness (QED) is 0.650. The average molecular weight is 395 g/mol. The van der Waals surface area contributed by atoms with E-state index in [1.54, 1.807) is 6.07 Å². The van der Waals surface area contributed by atoms with Gasteiger partial charge in [0.1, 0.15) is 0 Å². The van der Waals surface area contributed by atoms with E-state index in [4.69, 9.17) is 5.73 Å². The summed E-state index contributed by atoms with van der Waals surface area (Å²) in [6.07, 6.45) is 0. The van der Waals surface area contributed by atoms with Gasteiger partial charge in [0.05, 0.1) is 15.9 Å². The first-order chi connectivity index (χ1) is 9.63. The van der Waals surface area contributed by atoms with Crippen molar-refractivity contribution < 1.29 is 4.79 Å². The van der Waals surface area contributed by atoms with E-state index in [0.717, 1.165) is 19.5 Å². The summed E-state index contributed by atoms with van der Waals surface area (Å²) in [5.41, 5.74) is 7.89. The van der Waals surface area contributed by atoms with Gasteiger partial charge >= 0.3 is 0 Å². The van der Waals surface area contributed by atoms with Gasteiger partial charge in [-0.2, -0.15) is 0 Å². The van der Waals surface area contributed by atoms with E-state index in [-0.39, 0.29) is 5.91 Å². The summed E-state index contributed by atoms with van der Waals surface area (Å²) in [4.78, 5) is 16.4. The normalized spacial score (nSPS) is 10.7. The summed E-state index contributed by atoms with van der Waals surface area (Å²) < 4.78 is 1.92. The highest BCUT2D eigenvalue weighted by Gasteiger charge is 2.10. The first-order valence-electron chi connectivity index (χ1n) is 5.85. The van der Waals surface area contributed by atoms with Crippen LogP contribution in [0.2, 0.25) is 0 Å². The van der Waals surface area contributed by atoms with Gasteiger partial charge in [-0.3, -0.25) is 4.79 Å². The molecule has 3 N–H and O–H groups in total. The zero-order chi connectivity index (χ0) is 14.1. The van der Waals surface area contributed by atoms with Gasteiger partial charge in [0.15, 0.2) is 5.13 Å². The Kier molecular flexibility index (Phi) is 3.58. The van der Waals surface area contributed by atoms with Crippen LogP contribution in [-0.4, -0.2) is 10.9 Å². The monoisotopic (exact) mass is 395 g/mol. The molecule has 0 aliphatic carbocycles. The molecule has 0 saturated heterocycles. The highest BCUT2D eigenvalue weighted by atomic mass is 127. The zero-order valence-electron chi connectivity index (χ0n) is 10.3. The topological polar surface area (TPSA) is 68.0 Å². The van der Waals surface area contributed by atoms with Crippen molar-refractivity contribution in [2.24, 2.45) is 0 Å². The molecule has 3 rings (SSSR count). The number of anilines is 2. The number of fused-ring (bicyclic) bond motifs is 1. The molecule has 100 valence electrons. The van der Waals surface area contributed by atoms with Crippen LogP contribution in [0.15, 0.2) is 42.5 Å². The summed E-state index contributed by atoms with van der Waals surface area (Å²) in [7, 11) is 0. The largest absolute Gasteiger partial charge is 0.375 e. The van der Waals surface area contributed by atoms with E-state index in [9.17, 15) is 4.79 Å². The van der Waals surface area contributed by atoms with Crippen molar-refractivity contribution in [3.8, 4) is 0 Å². The lowest BCUT2D eigenvalue weighted by molar-refractivity contribution is 0.102. The Labute approximate surface area is 133 Å². The lowest BCUT2D eigenvalue weighted by atomic mass is 10.2. The Morgan fingerprint density at radius 1 is 1.25 bits per heavy atom. The molecule has 0 aliphatic heterocycles. The van der Waals surface area contributed by atoms with Crippen LogP contribution in [-0.2, 0) is 0 Å². The number of rotatable bonds is 2. The van der Waals surface area contributed by atoms with Gasteiger partial charge < -0.3 is 11.1 Å². The third-order valence-electron chi connectivity index (χ3n) is 2.79. The highest BCUT2D eigenvalue weighted by molar-refractivity contribution is 14.1. The maximum Gasteiger partial charge on any atom is 0.255 e. The van der Waals surface area contributed by atoms with Crippen LogP contribution in [0.4, 0.5) is 10.8 Å². The first-order valence-corrected chi connectivity index (χ1v) is 7.75. The lowest BCUT2D eigenvalue weighted by Gasteiger charge is -2.07. The van der Waals surface area contributed by atoms with E-state index in [2.05, 4.69) is 32.9 Å². The minimum absolute atomic E-state index is 0.136. The van der Waals surface area contributed by atoms with E-state index < -0.39 is 0 Å². The van der Waals surface area contributed by atoms with E-state index in [1.807, 2.05) is 36.4 Å². The number of para-hydroxylation sites is 1. The molecule has 1 amide bonds. The molecular weight excluding hydrogens is 385 g/mol. The maximum absolute atomic E-state index is 12.3. The fraction of sp³-hybridized carbons (Fsp3) is 0. The van der Waals surface area contributed by atoms with Crippen LogP contribution >= 0.6 is 33.9 Å². The number of hydrogen-bond donors (Lipinski definition) is 2. The smallest absolute Gasteiger partial charge is 0.255 e. The lowest BCUT2D eigenvalue weighted by Crippen LogP contribution is -2.12. The molecule has 0 spiro atoms. The Morgan fingerprint density at radius 3 is 2.85 bits per heavy atom. The molecule has 4 nitrogen and oxygen atoms in total. The Morgan fingerprint density at radius 2 is 2.05 bits per heavy atom. The standard InChI is InChI=1S/C14H10IN3OS/c15-9-3-1-2-4-10(9)17-13(19)8-5-6-11-12(7-8)20-14(16)18-11/h1-7H,(H2,16,18)(H,17,19). The van der Waals surface area contributed by atoms with Gasteiger partial charge in [0, 0.05) is 9.13 Å². The van der Waals surface area contributed by atoms with Gasteiger partial charge in [-0.15, -0.1) is 0 Å². The molecule has 1 heterocycles. The highest BCUT2D eigenvalue weighted by Crippen LogP contribution is 2.25. The summed E-state index contributed by atoms with van der Waals surface area (Å²) in [5, 5.41) is 3.41. The Balaban J connectivity index is 1.90. The number of nitrogens with zero attached hydrogens (tertiary/aromatic N) is 1. The molecule has 6 heteroatoms. The molecule has 0 atom stereocenters. The molecule has 0 bridgehead atoms. The summed E-state index contributed by atoms with van der Waals surface area (Å²) >= 11 is 3.57. The van der Waals surface area contributed by atoms with E-state index in [1.165, 1.54) is 11.3 Å². The van der Waals surface area contributed by atoms with Crippen LogP contribution in [0.25, 0.3) is 10.2 Å². The first kappa shape index (κ1) is 13.3. The second kappa shape index (κ2) is 5.37. The molecule has 0 aliphatic rings. The van der Waals surface area contributed by atoms with Crippen LogP contribution in [0, 0.1) is 3.57 Å². The fourth-order valence-corrected chi connectivity index (χ4v) is 3.14. The van der Waals surface area contributed by atoms with Crippen molar-refractivity contribution in [1.29, 1.82) is 0 Å². The van der Waals surface area contributed by atoms with Crippen LogP contribution < -0.4 is 11.1 Å². The average Bonchev–Trinajstić information content (AvgIpc) is 2.80. The molecule has 2 aromatic carbocycles. The van der Waals surface area contributed by atoms with Gasteiger partial charge in [-0.1, -0.05) is 23.5 Å². The van der Waals surface area contributed by atoms with Gasteiger partial charge in [-0.05, 0) is 52.9 Å². The molecule has 0 unspecified atom stereocenters. The molecule has 3 aromatic rings. The molecule has 0 fully saturated rings. The van der Waals surface area contributed by atoms with E-state index in [0.29, 0.717) is 10.7 Å². The van der Waals surface area contributed by atoms with Gasteiger partial charge in [-0.25, -0.2) is 4.98 Å². The number of hydrogen-bond acceptors (Lipinski definition) is 4. The van der Waals surface area contributed by atoms with Crippen molar-refractivity contribution in [1.82, 2.24) is 4.98 Å².